The Morgan fingerprint density at radius 1 is 1.11 bits per heavy atom. The lowest BCUT2D eigenvalue weighted by Gasteiger charge is -2.09. The number of para-hydroxylation sites is 1. The first-order chi connectivity index (χ1) is 8.86. The minimum Gasteiger partial charge on any atom is -0.507 e. The summed E-state index contributed by atoms with van der Waals surface area (Å²) in [5, 5.41) is 10.0. The first-order valence-electron chi connectivity index (χ1n) is 5.73. The number of allylic oxidation sites excluding steroid dienone is 2. The smallest absolute Gasteiger partial charge is 0.123 e. The Kier molecular flexibility index (Phi) is 2.57. The van der Waals surface area contributed by atoms with Gasteiger partial charge in [0.25, 0.3) is 0 Å². The number of nitrogens with zero attached hydrogens (tertiary/aromatic N) is 1. The number of hydrogen-bond donors (Lipinski definition) is 2. The van der Waals surface area contributed by atoms with Crippen molar-refractivity contribution in [3.8, 4) is 5.75 Å². The van der Waals surface area contributed by atoms with E-state index in [1.54, 1.807) is 12.3 Å². The molecule has 0 fully saturated rings. The summed E-state index contributed by atoms with van der Waals surface area (Å²) in [5.74, 6) is 0.255. The van der Waals surface area contributed by atoms with Gasteiger partial charge in [-0.25, -0.2) is 0 Å². The number of nitrogens with one attached hydrogen (secondary N) is 1. The molecule has 0 atom stereocenters. The monoisotopic (exact) mass is 236 g/mol. The molecule has 1 aliphatic rings. The third kappa shape index (κ3) is 1.76. The van der Waals surface area contributed by atoms with Crippen LogP contribution in [-0.4, -0.2) is 16.3 Å². The van der Waals surface area contributed by atoms with Gasteiger partial charge in [0.15, 0.2) is 0 Å². The van der Waals surface area contributed by atoms with Crippen molar-refractivity contribution in [1.29, 1.82) is 0 Å². The Bertz CT molecular complexity index is 635. The number of hydrogen-bond acceptors (Lipinski definition) is 2. The predicted molar refractivity (Wildman–Crippen MR) is 72.6 cm³/mol. The normalized spacial score (nSPS) is 16.2. The first-order valence-corrected chi connectivity index (χ1v) is 5.73. The van der Waals surface area contributed by atoms with Gasteiger partial charge >= 0.3 is 0 Å². The largest absolute Gasteiger partial charge is 0.507 e. The maximum atomic E-state index is 10.0. The highest BCUT2D eigenvalue weighted by molar-refractivity contribution is 5.89. The summed E-state index contributed by atoms with van der Waals surface area (Å²) in [6, 6.07) is 11.2. The molecule has 2 N–H and O–H groups in total. The molecule has 0 aliphatic carbocycles. The molecule has 1 aromatic heterocycles. The van der Waals surface area contributed by atoms with Crippen LogP contribution in [0.1, 0.15) is 11.3 Å². The Balaban J connectivity index is 2.25. The van der Waals surface area contributed by atoms with Gasteiger partial charge in [0.05, 0.1) is 5.70 Å². The van der Waals surface area contributed by atoms with E-state index >= 15 is 0 Å². The lowest BCUT2D eigenvalue weighted by molar-refractivity contribution is 0.473. The highest BCUT2D eigenvalue weighted by atomic mass is 16.3. The second-order valence-corrected chi connectivity index (χ2v) is 4.00. The molecule has 0 bridgehead atoms. The van der Waals surface area contributed by atoms with Crippen LogP contribution in [0, 0.1) is 0 Å². The third-order valence-corrected chi connectivity index (χ3v) is 2.85. The van der Waals surface area contributed by atoms with Crippen molar-refractivity contribution in [3.05, 3.63) is 71.7 Å². The molecule has 0 radical (unpaired) electrons. The van der Waals surface area contributed by atoms with Gasteiger partial charge in [0, 0.05) is 29.2 Å². The van der Waals surface area contributed by atoms with Crippen LogP contribution in [0.3, 0.4) is 0 Å². The van der Waals surface area contributed by atoms with Crippen LogP contribution in [0.4, 0.5) is 0 Å². The van der Waals surface area contributed by atoms with Crippen LogP contribution in [0.25, 0.3) is 5.57 Å². The number of phenolic OH excluding ortho intramolecular Hbond substituents is 1. The Hall–Kier alpha value is -2.55. The second kappa shape index (κ2) is 4.37. The molecule has 0 spiro atoms. The molecule has 18 heavy (non-hydrogen) atoms. The molecule has 3 rings (SSSR count). The predicted octanol–water partition coefficient (Wildman–Crippen LogP) is 3.12. The zero-order valence-electron chi connectivity index (χ0n) is 9.67. The Morgan fingerprint density at radius 3 is 2.67 bits per heavy atom. The van der Waals surface area contributed by atoms with Crippen molar-refractivity contribution >= 4 is 11.8 Å². The van der Waals surface area contributed by atoms with Crippen LogP contribution >= 0.6 is 0 Å². The average Bonchev–Trinajstić information content (AvgIpc) is 3.05. The minimum atomic E-state index is 0.255. The molecule has 0 saturated carbocycles. The zero-order chi connectivity index (χ0) is 12.4. The van der Waals surface area contributed by atoms with Crippen molar-refractivity contribution in [1.82, 2.24) is 4.98 Å². The van der Waals surface area contributed by atoms with Crippen molar-refractivity contribution in [2.45, 2.75) is 0 Å². The molecule has 3 nitrogen and oxygen atoms in total. The number of aromatic nitrogens is 1. The summed E-state index contributed by atoms with van der Waals surface area (Å²) < 4.78 is 0. The fraction of sp³-hybridized carbons (Fsp3) is 0. The number of aliphatic imine (C=N–C) groups is 1. The molecule has 3 heteroatoms. The van der Waals surface area contributed by atoms with Gasteiger partial charge < -0.3 is 10.1 Å². The van der Waals surface area contributed by atoms with Crippen LogP contribution in [0.5, 0.6) is 5.75 Å². The molecule has 0 amide bonds. The topological polar surface area (TPSA) is 48.4 Å². The SMILES string of the molecule is Oc1ccccc1/C(=C1\C=CC=N1)c1ccc[nH]1. The van der Waals surface area contributed by atoms with Gasteiger partial charge in [-0.15, -0.1) is 0 Å². The first kappa shape index (κ1) is 10.6. The number of aromatic amines is 1. The maximum absolute atomic E-state index is 10.0. The highest BCUT2D eigenvalue weighted by Gasteiger charge is 2.14. The molecule has 0 saturated heterocycles. The van der Waals surface area contributed by atoms with E-state index in [0.717, 1.165) is 22.5 Å². The fourth-order valence-corrected chi connectivity index (χ4v) is 2.04. The van der Waals surface area contributed by atoms with E-state index in [2.05, 4.69) is 9.98 Å². The summed E-state index contributed by atoms with van der Waals surface area (Å²) in [5.41, 5.74) is 3.47. The van der Waals surface area contributed by atoms with E-state index in [9.17, 15) is 5.11 Å². The molecular weight excluding hydrogens is 224 g/mol. The molecular formula is C15H12N2O. The van der Waals surface area contributed by atoms with Crippen LogP contribution in [0.15, 0.2) is 65.4 Å². The number of benzene rings is 1. The van der Waals surface area contributed by atoms with Gasteiger partial charge in [-0.2, -0.15) is 0 Å². The Morgan fingerprint density at radius 2 is 2.00 bits per heavy atom. The molecule has 1 aromatic carbocycles. The molecule has 88 valence electrons. The fourth-order valence-electron chi connectivity index (χ4n) is 2.04. The molecule has 1 aliphatic heterocycles. The van der Waals surface area contributed by atoms with Crippen molar-refractivity contribution in [2.75, 3.05) is 0 Å². The van der Waals surface area contributed by atoms with Crippen LogP contribution < -0.4 is 0 Å². The number of H-pyrrole nitrogens is 1. The van der Waals surface area contributed by atoms with E-state index in [1.165, 1.54) is 0 Å². The quantitative estimate of drug-likeness (QED) is 0.826. The van der Waals surface area contributed by atoms with E-state index in [-0.39, 0.29) is 5.75 Å². The van der Waals surface area contributed by atoms with Gasteiger partial charge in [-0.05, 0) is 30.4 Å². The van der Waals surface area contributed by atoms with E-state index < -0.39 is 0 Å². The Labute approximate surface area is 105 Å². The molecule has 2 aromatic rings. The maximum Gasteiger partial charge on any atom is 0.123 e. The lowest BCUT2D eigenvalue weighted by atomic mass is 9.99. The van der Waals surface area contributed by atoms with Crippen molar-refractivity contribution in [3.63, 3.8) is 0 Å². The zero-order valence-corrected chi connectivity index (χ0v) is 9.67. The van der Waals surface area contributed by atoms with Gasteiger partial charge in [0.2, 0.25) is 0 Å². The molecule has 2 heterocycles. The lowest BCUT2D eigenvalue weighted by Crippen LogP contribution is -1.92. The van der Waals surface area contributed by atoms with Crippen molar-refractivity contribution in [2.24, 2.45) is 4.99 Å². The van der Waals surface area contributed by atoms with Gasteiger partial charge in [-0.3, -0.25) is 4.99 Å². The summed E-state index contributed by atoms with van der Waals surface area (Å²) in [4.78, 5) is 7.48. The van der Waals surface area contributed by atoms with Gasteiger partial charge in [0.1, 0.15) is 5.75 Å². The summed E-state index contributed by atoms with van der Waals surface area (Å²) >= 11 is 0. The standard InChI is InChI=1S/C15H12N2O/c18-14-8-2-1-5-11(14)15(12-6-3-9-16-12)13-7-4-10-17-13/h1-10,16,18H/b15-13-. The third-order valence-electron chi connectivity index (χ3n) is 2.85. The van der Waals surface area contributed by atoms with E-state index in [1.807, 2.05) is 48.7 Å². The minimum absolute atomic E-state index is 0.255. The molecule has 0 unspecified atom stereocenters. The van der Waals surface area contributed by atoms with E-state index in [4.69, 9.17) is 0 Å². The van der Waals surface area contributed by atoms with Crippen LogP contribution in [-0.2, 0) is 0 Å². The highest BCUT2D eigenvalue weighted by Crippen LogP contribution is 2.33. The summed E-state index contributed by atoms with van der Waals surface area (Å²) in [6.07, 6.45) is 7.43. The van der Waals surface area contributed by atoms with Gasteiger partial charge in [-0.1, -0.05) is 18.2 Å². The van der Waals surface area contributed by atoms with Crippen molar-refractivity contribution < 1.29 is 5.11 Å². The number of rotatable bonds is 2. The summed E-state index contributed by atoms with van der Waals surface area (Å²) in [7, 11) is 0. The second-order valence-electron chi connectivity index (χ2n) is 4.00. The number of aromatic hydroxyl groups is 1. The van der Waals surface area contributed by atoms with Crippen LogP contribution in [0.2, 0.25) is 0 Å². The summed E-state index contributed by atoms with van der Waals surface area (Å²) in [6.45, 7) is 0. The average molecular weight is 236 g/mol. The van der Waals surface area contributed by atoms with E-state index in [0.29, 0.717) is 0 Å². The number of phenols is 1.